The molecule has 0 aliphatic heterocycles. The summed E-state index contributed by atoms with van der Waals surface area (Å²) in [6.45, 7) is -0.737. The van der Waals surface area contributed by atoms with E-state index in [1.54, 1.807) is 23.5 Å². The van der Waals surface area contributed by atoms with Gasteiger partial charge in [-0.3, -0.25) is 0 Å². The fourth-order valence-electron chi connectivity index (χ4n) is 1.59. The van der Waals surface area contributed by atoms with Crippen molar-refractivity contribution in [3.63, 3.8) is 0 Å². The lowest BCUT2D eigenvalue weighted by atomic mass is 10.1. The van der Waals surface area contributed by atoms with Crippen LogP contribution in [0.25, 0.3) is 0 Å². The molecular formula is C13H13F2NOS. The van der Waals surface area contributed by atoms with Crippen LogP contribution in [-0.2, 0) is 0 Å². The Morgan fingerprint density at radius 1 is 1.17 bits per heavy atom. The first-order chi connectivity index (χ1) is 8.65. The third kappa shape index (κ3) is 3.43. The SMILES string of the molecule is CC(Nc1ccc(OC(F)F)cc1)c1ccsc1. The number of hydrogen-bond donors (Lipinski definition) is 1. The lowest BCUT2D eigenvalue weighted by Gasteiger charge is -2.14. The Labute approximate surface area is 108 Å². The van der Waals surface area contributed by atoms with E-state index < -0.39 is 6.61 Å². The lowest BCUT2D eigenvalue weighted by molar-refractivity contribution is -0.0498. The number of thiophene rings is 1. The van der Waals surface area contributed by atoms with Crippen molar-refractivity contribution in [1.29, 1.82) is 0 Å². The molecule has 1 atom stereocenters. The van der Waals surface area contributed by atoms with Gasteiger partial charge in [-0.05, 0) is 53.6 Å². The van der Waals surface area contributed by atoms with Gasteiger partial charge in [0, 0.05) is 11.7 Å². The van der Waals surface area contributed by atoms with Gasteiger partial charge in [-0.1, -0.05) is 0 Å². The summed E-state index contributed by atoms with van der Waals surface area (Å²) in [5.41, 5.74) is 2.07. The first kappa shape index (κ1) is 12.8. The second-order valence-electron chi connectivity index (χ2n) is 3.83. The Morgan fingerprint density at radius 3 is 2.44 bits per heavy atom. The molecule has 1 N–H and O–H groups in total. The minimum absolute atomic E-state index is 0.165. The molecule has 2 nitrogen and oxygen atoms in total. The molecule has 0 saturated carbocycles. The number of rotatable bonds is 5. The molecule has 0 bridgehead atoms. The van der Waals surface area contributed by atoms with Gasteiger partial charge in [-0.15, -0.1) is 0 Å². The van der Waals surface area contributed by atoms with E-state index in [1.807, 2.05) is 12.3 Å². The smallest absolute Gasteiger partial charge is 0.387 e. The molecule has 0 fully saturated rings. The van der Waals surface area contributed by atoms with E-state index >= 15 is 0 Å². The van der Waals surface area contributed by atoms with E-state index in [4.69, 9.17) is 0 Å². The van der Waals surface area contributed by atoms with Gasteiger partial charge in [0.25, 0.3) is 0 Å². The molecule has 0 aliphatic rings. The topological polar surface area (TPSA) is 21.3 Å². The molecule has 0 radical (unpaired) electrons. The highest BCUT2D eigenvalue weighted by molar-refractivity contribution is 7.07. The second-order valence-corrected chi connectivity index (χ2v) is 4.61. The molecule has 0 spiro atoms. The average Bonchev–Trinajstić information content (AvgIpc) is 2.84. The van der Waals surface area contributed by atoms with Crippen LogP contribution in [0, 0.1) is 0 Å². The summed E-state index contributed by atoms with van der Waals surface area (Å²) in [7, 11) is 0. The van der Waals surface area contributed by atoms with Crippen LogP contribution in [0.3, 0.4) is 0 Å². The lowest BCUT2D eigenvalue weighted by Crippen LogP contribution is -2.06. The van der Waals surface area contributed by atoms with E-state index in [0.29, 0.717) is 0 Å². The van der Waals surface area contributed by atoms with Crippen molar-refractivity contribution in [3.05, 3.63) is 46.7 Å². The summed E-state index contributed by atoms with van der Waals surface area (Å²) in [4.78, 5) is 0. The van der Waals surface area contributed by atoms with E-state index in [0.717, 1.165) is 5.69 Å². The van der Waals surface area contributed by atoms with Crippen molar-refractivity contribution in [2.45, 2.75) is 19.6 Å². The summed E-state index contributed by atoms with van der Waals surface area (Å²) in [6.07, 6.45) is 0. The fraction of sp³-hybridized carbons (Fsp3) is 0.231. The summed E-state index contributed by atoms with van der Waals surface area (Å²) in [5, 5.41) is 7.38. The van der Waals surface area contributed by atoms with Crippen molar-refractivity contribution in [2.75, 3.05) is 5.32 Å². The highest BCUT2D eigenvalue weighted by Crippen LogP contribution is 2.23. The number of halogens is 2. The fourth-order valence-corrected chi connectivity index (χ4v) is 2.34. The first-order valence-electron chi connectivity index (χ1n) is 5.48. The number of benzene rings is 1. The molecule has 1 aromatic heterocycles. The summed E-state index contributed by atoms with van der Waals surface area (Å²) >= 11 is 1.64. The molecule has 96 valence electrons. The predicted octanol–water partition coefficient (Wildman–Crippen LogP) is 4.52. The maximum atomic E-state index is 12.0. The van der Waals surface area contributed by atoms with E-state index in [2.05, 4.69) is 21.5 Å². The summed E-state index contributed by atoms with van der Waals surface area (Å²) in [5.74, 6) is 0.165. The normalized spacial score (nSPS) is 12.4. The van der Waals surface area contributed by atoms with Crippen LogP contribution in [0.5, 0.6) is 5.75 Å². The molecule has 2 rings (SSSR count). The molecule has 5 heteroatoms. The third-order valence-electron chi connectivity index (χ3n) is 2.51. The van der Waals surface area contributed by atoms with Gasteiger partial charge in [0.1, 0.15) is 5.75 Å². The highest BCUT2D eigenvalue weighted by atomic mass is 32.1. The van der Waals surface area contributed by atoms with Crippen molar-refractivity contribution in [3.8, 4) is 5.75 Å². The quantitative estimate of drug-likeness (QED) is 0.861. The van der Waals surface area contributed by atoms with Gasteiger partial charge in [-0.25, -0.2) is 0 Å². The number of nitrogens with one attached hydrogen (secondary N) is 1. The van der Waals surface area contributed by atoms with Gasteiger partial charge in [-0.2, -0.15) is 20.1 Å². The first-order valence-corrected chi connectivity index (χ1v) is 6.43. The molecule has 1 aromatic carbocycles. The number of hydrogen-bond acceptors (Lipinski definition) is 3. The number of anilines is 1. The Kier molecular flexibility index (Phi) is 4.15. The summed E-state index contributed by atoms with van der Waals surface area (Å²) in [6, 6.07) is 8.72. The molecule has 2 aromatic rings. The Balaban J connectivity index is 1.98. The van der Waals surface area contributed by atoms with Crippen molar-refractivity contribution >= 4 is 17.0 Å². The largest absolute Gasteiger partial charge is 0.435 e. The molecule has 1 unspecified atom stereocenters. The van der Waals surface area contributed by atoms with Crippen LogP contribution in [-0.4, -0.2) is 6.61 Å². The molecule has 0 amide bonds. The molecule has 0 saturated heterocycles. The molecule has 18 heavy (non-hydrogen) atoms. The standard InChI is InChI=1S/C13H13F2NOS/c1-9(10-6-7-18-8-10)16-11-2-4-12(5-3-11)17-13(14)15/h2-9,13,16H,1H3. The van der Waals surface area contributed by atoms with Crippen LogP contribution >= 0.6 is 11.3 Å². The Hall–Kier alpha value is -1.62. The molecule has 1 heterocycles. The van der Waals surface area contributed by atoms with Crippen molar-refractivity contribution in [2.24, 2.45) is 0 Å². The zero-order valence-corrected chi connectivity index (χ0v) is 10.6. The van der Waals surface area contributed by atoms with Gasteiger partial charge in [0.2, 0.25) is 0 Å². The van der Waals surface area contributed by atoms with Gasteiger partial charge in [0.15, 0.2) is 0 Å². The Bertz CT molecular complexity index is 470. The van der Waals surface area contributed by atoms with Crippen LogP contribution in [0.4, 0.5) is 14.5 Å². The zero-order valence-electron chi connectivity index (χ0n) is 9.77. The third-order valence-corrected chi connectivity index (χ3v) is 3.21. The maximum Gasteiger partial charge on any atom is 0.387 e. The molecule has 0 aliphatic carbocycles. The minimum atomic E-state index is -2.78. The van der Waals surface area contributed by atoms with Crippen LogP contribution < -0.4 is 10.1 Å². The van der Waals surface area contributed by atoms with E-state index in [1.165, 1.54) is 17.7 Å². The number of alkyl halides is 2. The van der Waals surface area contributed by atoms with Gasteiger partial charge < -0.3 is 10.1 Å². The minimum Gasteiger partial charge on any atom is -0.435 e. The predicted molar refractivity (Wildman–Crippen MR) is 69.4 cm³/mol. The van der Waals surface area contributed by atoms with Crippen LogP contribution in [0.1, 0.15) is 18.5 Å². The number of ether oxygens (including phenoxy) is 1. The van der Waals surface area contributed by atoms with Crippen molar-refractivity contribution in [1.82, 2.24) is 0 Å². The van der Waals surface area contributed by atoms with Crippen molar-refractivity contribution < 1.29 is 13.5 Å². The van der Waals surface area contributed by atoms with E-state index in [9.17, 15) is 8.78 Å². The zero-order chi connectivity index (χ0) is 13.0. The average molecular weight is 269 g/mol. The van der Waals surface area contributed by atoms with Gasteiger partial charge in [0.05, 0.1) is 0 Å². The molecular weight excluding hydrogens is 256 g/mol. The van der Waals surface area contributed by atoms with E-state index in [-0.39, 0.29) is 11.8 Å². The summed E-state index contributed by atoms with van der Waals surface area (Å²) < 4.78 is 28.2. The monoisotopic (exact) mass is 269 g/mol. The second kappa shape index (κ2) is 5.82. The van der Waals surface area contributed by atoms with Gasteiger partial charge >= 0.3 is 6.61 Å². The highest BCUT2D eigenvalue weighted by Gasteiger charge is 2.07. The van der Waals surface area contributed by atoms with Crippen LogP contribution in [0.2, 0.25) is 0 Å². The van der Waals surface area contributed by atoms with Crippen LogP contribution in [0.15, 0.2) is 41.1 Å². The Morgan fingerprint density at radius 2 is 1.89 bits per heavy atom. The maximum absolute atomic E-state index is 12.0.